The quantitative estimate of drug-likeness (QED) is 0.919. The zero-order valence-electron chi connectivity index (χ0n) is 11.6. The summed E-state index contributed by atoms with van der Waals surface area (Å²) in [6.07, 6.45) is 4.53. The maximum absolute atomic E-state index is 11.1. The van der Waals surface area contributed by atoms with Gasteiger partial charge < -0.3 is 19.5 Å². The normalized spacial score (nSPS) is 22.4. The zero-order chi connectivity index (χ0) is 13.9. The average molecular weight is 277 g/mol. The van der Waals surface area contributed by atoms with Crippen LogP contribution in [-0.4, -0.2) is 25.9 Å². The Bertz CT molecular complexity index is 497. The number of carbonyl (C=O) groups is 1. The molecule has 1 heterocycles. The Labute approximate surface area is 118 Å². The van der Waals surface area contributed by atoms with Crippen LogP contribution in [0.3, 0.4) is 0 Å². The third-order valence-electron chi connectivity index (χ3n) is 3.86. The molecule has 1 aromatic rings. The van der Waals surface area contributed by atoms with Gasteiger partial charge >= 0.3 is 6.09 Å². The van der Waals surface area contributed by atoms with Gasteiger partial charge in [-0.05, 0) is 43.4 Å². The van der Waals surface area contributed by atoms with Crippen molar-refractivity contribution < 1.29 is 19.0 Å². The molecule has 0 bridgehead atoms. The fraction of sp³-hybridized carbons (Fsp3) is 0.533. The van der Waals surface area contributed by atoms with Gasteiger partial charge in [0.25, 0.3) is 0 Å². The number of alkyl carbamates (subject to hydrolysis) is 1. The second-order valence-electron chi connectivity index (χ2n) is 5.23. The van der Waals surface area contributed by atoms with E-state index in [9.17, 15) is 4.79 Å². The third kappa shape index (κ3) is 2.66. The Morgan fingerprint density at radius 1 is 1.25 bits per heavy atom. The van der Waals surface area contributed by atoms with Crippen molar-refractivity contribution in [2.75, 3.05) is 13.7 Å². The van der Waals surface area contributed by atoms with Crippen LogP contribution in [0.15, 0.2) is 18.2 Å². The maximum Gasteiger partial charge on any atom is 0.407 e. The minimum Gasteiger partial charge on any atom is -0.493 e. The highest BCUT2D eigenvalue weighted by atomic mass is 16.6. The van der Waals surface area contributed by atoms with Crippen molar-refractivity contribution in [2.24, 2.45) is 0 Å². The van der Waals surface area contributed by atoms with Crippen molar-refractivity contribution in [3.8, 4) is 11.5 Å². The molecular weight excluding hydrogens is 258 g/mol. The van der Waals surface area contributed by atoms with Crippen molar-refractivity contribution in [1.82, 2.24) is 5.32 Å². The summed E-state index contributed by atoms with van der Waals surface area (Å²) in [5.74, 6) is 1.48. The highest BCUT2D eigenvalue weighted by Crippen LogP contribution is 2.34. The summed E-state index contributed by atoms with van der Waals surface area (Å²) in [6, 6.07) is 5.64. The Morgan fingerprint density at radius 3 is 2.70 bits per heavy atom. The number of methoxy groups -OCH3 is 1. The number of carbonyl (C=O) groups excluding carboxylic acids is 1. The van der Waals surface area contributed by atoms with Gasteiger partial charge in [-0.2, -0.15) is 0 Å². The lowest BCUT2D eigenvalue weighted by Crippen LogP contribution is -2.18. The number of benzene rings is 1. The molecule has 1 saturated carbocycles. The number of ether oxygens (including phenoxy) is 3. The first-order valence-electron chi connectivity index (χ1n) is 7.04. The van der Waals surface area contributed by atoms with Gasteiger partial charge in [0.1, 0.15) is 6.61 Å². The van der Waals surface area contributed by atoms with Gasteiger partial charge in [0.15, 0.2) is 11.5 Å². The minimum absolute atomic E-state index is 0.112. The molecule has 5 heteroatoms. The van der Waals surface area contributed by atoms with Gasteiger partial charge in [0, 0.05) is 0 Å². The van der Waals surface area contributed by atoms with Gasteiger partial charge in [-0.15, -0.1) is 0 Å². The largest absolute Gasteiger partial charge is 0.493 e. The van der Waals surface area contributed by atoms with Crippen molar-refractivity contribution >= 4 is 6.09 Å². The SMILES string of the molecule is COc1ccc(C2COC(=O)N2)cc1OC1CCCC1. The summed E-state index contributed by atoms with van der Waals surface area (Å²) in [5.41, 5.74) is 0.977. The molecule has 1 saturated heterocycles. The van der Waals surface area contributed by atoms with Gasteiger partial charge in [-0.3, -0.25) is 0 Å². The van der Waals surface area contributed by atoms with Crippen LogP contribution >= 0.6 is 0 Å². The summed E-state index contributed by atoms with van der Waals surface area (Å²) in [7, 11) is 1.64. The molecule has 108 valence electrons. The molecule has 3 rings (SSSR count). The second-order valence-corrected chi connectivity index (χ2v) is 5.23. The number of hydrogen-bond acceptors (Lipinski definition) is 4. The topological polar surface area (TPSA) is 56.8 Å². The molecule has 20 heavy (non-hydrogen) atoms. The Morgan fingerprint density at radius 2 is 2.05 bits per heavy atom. The lowest BCUT2D eigenvalue weighted by molar-refractivity contribution is 0.177. The lowest BCUT2D eigenvalue weighted by atomic mass is 10.1. The molecule has 1 aliphatic heterocycles. The number of amides is 1. The zero-order valence-corrected chi connectivity index (χ0v) is 11.6. The van der Waals surface area contributed by atoms with Gasteiger partial charge in [0.05, 0.1) is 19.3 Å². The highest BCUT2D eigenvalue weighted by Gasteiger charge is 2.25. The molecular formula is C15H19NO4. The molecule has 0 spiro atoms. The Kier molecular flexibility index (Phi) is 3.67. The van der Waals surface area contributed by atoms with E-state index >= 15 is 0 Å². The average Bonchev–Trinajstić information content (AvgIpc) is 3.10. The van der Waals surface area contributed by atoms with E-state index in [4.69, 9.17) is 14.2 Å². The van der Waals surface area contributed by atoms with Crippen LogP contribution < -0.4 is 14.8 Å². The summed E-state index contributed by atoms with van der Waals surface area (Å²) in [5, 5.41) is 2.77. The molecule has 1 aromatic carbocycles. The summed E-state index contributed by atoms with van der Waals surface area (Å²) >= 11 is 0. The predicted molar refractivity (Wildman–Crippen MR) is 73.1 cm³/mol. The van der Waals surface area contributed by atoms with Crippen LogP contribution in [0.5, 0.6) is 11.5 Å². The standard InChI is InChI=1S/C15H19NO4/c1-18-13-7-6-10(12-9-19-15(17)16-12)8-14(13)20-11-4-2-3-5-11/h6-8,11-12H,2-5,9H2,1H3,(H,16,17). The van der Waals surface area contributed by atoms with E-state index in [0.29, 0.717) is 6.61 Å². The van der Waals surface area contributed by atoms with E-state index in [-0.39, 0.29) is 18.2 Å². The summed E-state index contributed by atoms with van der Waals surface area (Å²) in [6.45, 7) is 0.355. The summed E-state index contributed by atoms with van der Waals surface area (Å²) in [4.78, 5) is 11.1. The molecule has 2 fully saturated rings. The number of cyclic esters (lactones) is 1. The minimum atomic E-state index is -0.371. The van der Waals surface area contributed by atoms with Crippen molar-refractivity contribution in [1.29, 1.82) is 0 Å². The van der Waals surface area contributed by atoms with Gasteiger partial charge in [0.2, 0.25) is 0 Å². The molecule has 1 aliphatic carbocycles. The number of hydrogen-bond donors (Lipinski definition) is 1. The fourth-order valence-corrected chi connectivity index (χ4v) is 2.75. The van der Waals surface area contributed by atoms with E-state index in [0.717, 1.165) is 29.9 Å². The predicted octanol–water partition coefficient (Wildman–Crippen LogP) is 2.80. The molecule has 1 amide bonds. The van der Waals surface area contributed by atoms with E-state index in [2.05, 4.69) is 5.32 Å². The van der Waals surface area contributed by atoms with Crippen LogP contribution in [-0.2, 0) is 4.74 Å². The first kappa shape index (κ1) is 13.1. The van der Waals surface area contributed by atoms with Crippen LogP contribution in [0.1, 0.15) is 37.3 Å². The Balaban J connectivity index is 1.80. The molecule has 1 N–H and O–H groups in total. The van der Waals surface area contributed by atoms with Gasteiger partial charge in [-0.1, -0.05) is 6.07 Å². The maximum atomic E-state index is 11.1. The third-order valence-corrected chi connectivity index (χ3v) is 3.86. The molecule has 0 aromatic heterocycles. The van der Waals surface area contributed by atoms with Crippen LogP contribution in [0.2, 0.25) is 0 Å². The highest BCUT2D eigenvalue weighted by molar-refractivity contribution is 5.70. The van der Waals surface area contributed by atoms with E-state index in [1.54, 1.807) is 7.11 Å². The first-order valence-corrected chi connectivity index (χ1v) is 7.04. The van der Waals surface area contributed by atoms with Crippen molar-refractivity contribution in [3.05, 3.63) is 23.8 Å². The van der Waals surface area contributed by atoms with E-state index in [1.165, 1.54) is 12.8 Å². The van der Waals surface area contributed by atoms with Crippen LogP contribution in [0.25, 0.3) is 0 Å². The van der Waals surface area contributed by atoms with Crippen molar-refractivity contribution in [3.63, 3.8) is 0 Å². The first-order chi connectivity index (χ1) is 9.76. The molecule has 5 nitrogen and oxygen atoms in total. The summed E-state index contributed by atoms with van der Waals surface area (Å²) < 4.78 is 16.3. The van der Waals surface area contributed by atoms with Gasteiger partial charge in [-0.25, -0.2) is 4.79 Å². The van der Waals surface area contributed by atoms with Crippen molar-refractivity contribution in [2.45, 2.75) is 37.8 Å². The van der Waals surface area contributed by atoms with Crippen LogP contribution in [0.4, 0.5) is 4.79 Å². The monoisotopic (exact) mass is 277 g/mol. The lowest BCUT2D eigenvalue weighted by Gasteiger charge is -2.18. The number of nitrogens with one attached hydrogen (secondary N) is 1. The fourth-order valence-electron chi connectivity index (χ4n) is 2.75. The Hall–Kier alpha value is -1.91. The number of rotatable bonds is 4. The smallest absolute Gasteiger partial charge is 0.407 e. The molecule has 0 radical (unpaired) electrons. The second kappa shape index (κ2) is 5.61. The molecule has 1 atom stereocenters. The van der Waals surface area contributed by atoms with E-state index < -0.39 is 0 Å². The molecule has 1 unspecified atom stereocenters. The molecule has 2 aliphatic rings. The van der Waals surface area contributed by atoms with Crippen LogP contribution in [0, 0.1) is 0 Å². The van der Waals surface area contributed by atoms with E-state index in [1.807, 2.05) is 18.2 Å².